The van der Waals surface area contributed by atoms with Gasteiger partial charge in [0.25, 0.3) is 0 Å². The molecular weight excluding hydrogens is 380 g/mol. The molecule has 162 valence electrons. The van der Waals surface area contributed by atoms with Crippen LogP contribution >= 0.6 is 0 Å². The SMILES string of the molecule is C[C@@H](C(=O)N1CC(=O)Nc2ccccc21)N1CCC(C(=O)N2CCCCCC2)CC1. The van der Waals surface area contributed by atoms with E-state index in [1.165, 1.54) is 12.8 Å². The van der Waals surface area contributed by atoms with Crippen molar-refractivity contribution in [3.05, 3.63) is 24.3 Å². The Hall–Kier alpha value is -2.41. The normalized spacial score (nSPS) is 22.1. The average molecular weight is 413 g/mol. The van der Waals surface area contributed by atoms with E-state index in [2.05, 4.69) is 15.1 Å². The third-order valence-corrected chi connectivity index (χ3v) is 6.74. The number of carbonyl (C=O) groups excluding carboxylic acids is 3. The first-order valence-electron chi connectivity index (χ1n) is 11.3. The van der Waals surface area contributed by atoms with Gasteiger partial charge in [0.1, 0.15) is 6.54 Å². The van der Waals surface area contributed by atoms with Gasteiger partial charge >= 0.3 is 0 Å². The highest BCUT2D eigenvalue weighted by molar-refractivity contribution is 6.11. The second-order valence-corrected chi connectivity index (χ2v) is 8.72. The topological polar surface area (TPSA) is 73.0 Å². The van der Waals surface area contributed by atoms with Gasteiger partial charge in [-0.15, -0.1) is 0 Å². The van der Waals surface area contributed by atoms with E-state index in [1.54, 1.807) is 4.90 Å². The predicted molar refractivity (Wildman–Crippen MR) is 116 cm³/mol. The average Bonchev–Trinajstić information content (AvgIpc) is 3.07. The Kier molecular flexibility index (Phi) is 6.37. The third-order valence-electron chi connectivity index (χ3n) is 6.74. The second-order valence-electron chi connectivity index (χ2n) is 8.72. The van der Waals surface area contributed by atoms with Gasteiger partial charge in [0.05, 0.1) is 17.4 Å². The zero-order chi connectivity index (χ0) is 21.1. The summed E-state index contributed by atoms with van der Waals surface area (Å²) in [6.07, 6.45) is 6.26. The molecule has 2 saturated heterocycles. The quantitative estimate of drug-likeness (QED) is 0.828. The minimum absolute atomic E-state index is 0.0457. The van der Waals surface area contributed by atoms with Crippen LogP contribution in [0.4, 0.5) is 11.4 Å². The van der Waals surface area contributed by atoms with Crippen molar-refractivity contribution >= 4 is 29.1 Å². The molecule has 1 atom stereocenters. The first-order valence-corrected chi connectivity index (χ1v) is 11.3. The molecule has 1 N–H and O–H groups in total. The number of hydrogen-bond acceptors (Lipinski definition) is 4. The van der Waals surface area contributed by atoms with Gasteiger partial charge < -0.3 is 10.2 Å². The van der Waals surface area contributed by atoms with Crippen molar-refractivity contribution in [2.24, 2.45) is 5.92 Å². The summed E-state index contributed by atoms with van der Waals surface area (Å²) in [6, 6.07) is 7.09. The van der Waals surface area contributed by atoms with Crippen LogP contribution in [0.5, 0.6) is 0 Å². The molecule has 4 rings (SSSR count). The van der Waals surface area contributed by atoms with Crippen molar-refractivity contribution in [1.29, 1.82) is 0 Å². The standard InChI is InChI=1S/C23H32N4O3/c1-17(22(29)27-16-21(28)24-19-8-4-5-9-20(19)27)25-14-10-18(11-15-25)23(30)26-12-6-2-3-7-13-26/h4-5,8-9,17-18H,2-3,6-7,10-16H2,1H3,(H,24,28)/t17-/m0/s1. The van der Waals surface area contributed by atoms with Crippen molar-refractivity contribution in [3.8, 4) is 0 Å². The molecule has 7 nitrogen and oxygen atoms in total. The van der Waals surface area contributed by atoms with Crippen molar-refractivity contribution in [2.75, 3.05) is 42.9 Å². The maximum absolute atomic E-state index is 13.2. The lowest BCUT2D eigenvalue weighted by atomic mass is 9.94. The number of benzene rings is 1. The highest BCUT2D eigenvalue weighted by atomic mass is 16.2. The van der Waals surface area contributed by atoms with E-state index in [1.807, 2.05) is 31.2 Å². The van der Waals surface area contributed by atoms with Crippen LogP contribution in [-0.4, -0.2) is 66.3 Å². The van der Waals surface area contributed by atoms with Gasteiger partial charge in [0, 0.05) is 19.0 Å². The Morgan fingerprint density at radius 2 is 1.67 bits per heavy atom. The molecule has 0 unspecified atom stereocenters. The Morgan fingerprint density at radius 3 is 2.37 bits per heavy atom. The highest BCUT2D eigenvalue weighted by Gasteiger charge is 2.35. The molecule has 1 aromatic carbocycles. The monoisotopic (exact) mass is 412 g/mol. The lowest BCUT2D eigenvalue weighted by molar-refractivity contribution is -0.137. The van der Waals surface area contributed by atoms with E-state index in [0.717, 1.165) is 57.5 Å². The lowest BCUT2D eigenvalue weighted by Gasteiger charge is -2.39. The maximum atomic E-state index is 13.2. The number of rotatable bonds is 3. The van der Waals surface area contributed by atoms with Gasteiger partial charge in [-0.05, 0) is 57.8 Å². The number of amides is 3. The van der Waals surface area contributed by atoms with Crippen LogP contribution in [-0.2, 0) is 14.4 Å². The first-order chi connectivity index (χ1) is 14.5. The molecular formula is C23H32N4O3. The molecule has 0 aliphatic carbocycles. The first kappa shape index (κ1) is 20.8. The van der Waals surface area contributed by atoms with Crippen LogP contribution < -0.4 is 10.2 Å². The minimum atomic E-state index is -0.321. The summed E-state index contributed by atoms with van der Waals surface area (Å²) in [4.78, 5) is 44.0. The van der Waals surface area contributed by atoms with Crippen molar-refractivity contribution in [1.82, 2.24) is 9.80 Å². The summed E-state index contributed by atoms with van der Waals surface area (Å²) < 4.78 is 0. The lowest BCUT2D eigenvalue weighted by Crippen LogP contribution is -2.53. The van der Waals surface area contributed by atoms with Crippen molar-refractivity contribution in [3.63, 3.8) is 0 Å². The number of nitrogens with one attached hydrogen (secondary N) is 1. The Morgan fingerprint density at radius 1 is 1.00 bits per heavy atom. The Bertz CT molecular complexity index is 795. The summed E-state index contributed by atoms with van der Waals surface area (Å²) in [6.45, 7) is 5.21. The van der Waals surface area contributed by atoms with E-state index in [4.69, 9.17) is 0 Å². The molecule has 0 aromatic heterocycles. The summed E-state index contributed by atoms with van der Waals surface area (Å²) >= 11 is 0. The van der Waals surface area contributed by atoms with Crippen LogP contribution in [0.1, 0.15) is 45.4 Å². The van der Waals surface area contributed by atoms with Gasteiger partial charge in [-0.3, -0.25) is 24.2 Å². The summed E-state index contributed by atoms with van der Waals surface area (Å²) in [7, 11) is 0. The van der Waals surface area contributed by atoms with E-state index >= 15 is 0 Å². The number of likely N-dealkylation sites (tertiary alicyclic amines) is 2. The zero-order valence-electron chi connectivity index (χ0n) is 17.8. The molecule has 0 bridgehead atoms. The molecule has 3 aliphatic rings. The van der Waals surface area contributed by atoms with E-state index in [-0.39, 0.29) is 30.3 Å². The molecule has 3 aliphatic heterocycles. The van der Waals surface area contributed by atoms with Gasteiger partial charge in [-0.2, -0.15) is 0 Å². The number of nitrogens with zero attached hydrogens (tertiary/aromatic N) is 3. The number of carbonyl (C=O) groups is 3. The van der Waals surface area contributed by atoms with Gasteiger partial charge in [0.2, 0.25) is 17.7 Å². The maximum Gasteiger partial charge on any atom is 0.244 e. The molecule has 1 aromatic rings. The third kappa shape index (κ3) is 4.36. The summed E-state index contributed by atoms with van der Waals surface area (Å²) in [5.41, 5.74) is 1.43. The minimum Gasteiger partial charge on any atom is -0.342 e. The fourth-order valence-electron chi connectivity index (χ4n) is 4.89. The molecule has 30 heavy (non-hydrogen) atoms. The largest absolute Gasteiger partial charge is 0.342 e. The summed E-state index contributed by atoms with van der Waals surface area (Å²) in [5.74, 6) is 0.144. The zero-order valence-corrected chi connectivity index (χ0v) is 17.8. The molecule has 3 heterocycles. The van der Waals surface area contributed by atoms with Crippen LogP contribution in [0.3, 0.4) is 0 Å². The van der Waals surface area contributed by atoms with Crippen LogP contribution in [0.15, 0.2) is 24.3 Å². The van der Waals surface area contributed by atoms with Gasteiger partial charge in [-0.25, -0.2) is 0 Å². The van der Waals surface area contributed by atoms with E-state index < -0.39 is 0 Å². The van der Waals surface area contributed by atoms with Crippen molar-refractivity contribution < 1.29 is 14.4 Å². The smallest absolute Gasteiger partial charge is 0.244 e. The fourth-order valence-corrected chi connectivity index (χ4v) is 4.89. The number of fused-ring (bicyclic) bond motifs is 1. The molecule has 7 heteroatoms. The molecule has 3 amide bonds. The van der Waals surface area contributed by atoms with Crippen LogP contribution in [0, 0.1) is 5.92 Å². The van der Waals surface area contributed by atoms with Crippen molar-refractivity contribution in [2.45, 2.75) is 51.5 Å². The molecule has 0 saturated carbocycles. The Balaban J connectivity index is 1.36. The van der Waals surface area contributed by atoms with E-state index in [9.17, 15) is 14.4 Å². The number of hydrogen-bond donors (Lipinski definition) is 1. The van der Waals surface area contributed by atoms with Gasteiger partial charge in [-0.1, -0.05) is 25.0 Å². The molecule has 0 spiro atoms. The predicted octanol–water partition coefficient (Wildman–Crippen LogP) is 2.47. The number of anilines is 2. The fraction of sp³-hybridized carbons (Fsp3) is 0.609. The summed E-state index contributed by atoms with van der Waals surface area (Å²) in [5, 5.41) is 2.83. The Labute approximate surface area is 178 Å². The number of para-hydroxylation sites is 2. The van der Waals surface area contributed by atoms with Crippen LogP contribution in [0.25, 0.3) is 0 Å². The van der Waals surface area contributed by atoms with E-state index in [0.29, 0.717) is 11.6 Å². The van der Waals surface area contributed by atoms with Gasteiger partial charge in [0.15, 0.2) is 0 Å². The second kappa shape index (κ2) is 9.16. The molecule has 0 radical (unpaired) electrons. The van der Waals surface area contributed by atoms with Crippen LogP contribution in [0.2, 0.25) is 0 Å². The number of piperidine rings is 1. The molecule has 2 fully saturated rings. The highest BCUT2D eigenvalue weighted by Crippen LogP contribution is 2.30.